The Labute approximate surface area is 174 Å². The van der Waals surface area contributed by atoms with E-state index >= 15 is 0 Å². The molecule has 2 aliphatic heterocycles. The lowest BCUT2D eigenvalue weighted by atomic mass is 9.81. The molecule has 1 saturated heterocycles. The number of rotatable bonds is 6. The monoisotopic (exact) mass is 421 g/mol. The van der Waals surface area contributed by atoms with E-state index in [4.69, 9.17) is 9.47 Å². The molecule has 0 aromatic rings. The highest BCUT2D eigenvalue weighted by atomic mass is 16.5. The minimum atomic E-state index is -1.09. The summed E-state index contributed by atoms with van der Waals surface area (Å²) in [5.74, 6) is -2.79. The summed E-state index contributed by atoms with van der Waals surface area (Å²) in [7, 11) is 0. The largest absolute Gasteiger partial charge is 0.463 e. The van der Waals surface area contributed by atoms with Crippen molar-refractivity contribution in [3.8, 4) is 0 Å². The molecule has 2 N–H and O–H groups in total. The van der Waals surface area contributed by atoms with Gasteiger partial charge in [0.15, 0.2) is 0 Å². The number of hydrogen-bond donors (Lipinski definition) is 2. The second-order valence-corrected chi connectivity index (χ2v) is 7.76. The second-order valence-electron chi connectivity index (χ2n) is 7.76. The Kier molecular flexibility index (Phi) is 6.42. The number of nitrogens with one attached hydrogen (secondary N) is 2. The van der Waals surface area contributed by atoms with Crippen molar-refractivity contribution in [2.75, 3.05) is 13.2 Å². The number of fused-ring (bicyclic) bond motifs is 1. The summed E-state index contributed by atoms with van der Waals surface area (Å²) in [6.07, 6.45) is 3.09. The Hall–Kier alpha value is -2.91. The lowest BCUT2D eigenvalue weighted by Crippen LogP contribution is -2.50. The van der Waals surface area contributed by atoms with Crippen molar-refractivity contribution in [1.29, 1.82) is 0 Å². The zero-order valence-corrected chi connectivity index (χ0v) is 17.4. The Balaban J connectivity index is 1.71. The van der Waals surface area contributed by atoms with Crippen LogP contribution in [0.5, 0.6) is 0 Å². The smallest absolute Gasteiger partial charge is 0.338 e. The van der Waals surface area contributed by atoms with E-state index < -0.39 is 36.7 Å². The van der Waals surface area contributed by atoms with Crippen molar-refractivity contribution in [2.24, 2.45) is 11.8 Å². The molecule has 0 aromatic carbocycles. The highest BCUT2D eigenvalue weighted by Crippen LogP contribution is 2.38. The lowest BCUT2D eigenvalue weighted by molar-refractivity contribution is -0.157. The van der Waals surface area contributed by atoms with E-state index in [1.807, 2.05) is 0 Å². The first-order valence-corrected chi connectivity index (χ1v) is 10.3. The van der Waals surface area contributed by atoms with Crippen molar-refractivity contribution in [3.63, 3.8) is 0 Å². The maximum absolute atomic E-state index is 12.7. The Morgan fingerprint density at radius 2 is 1.70 bits per heavy atom. The predicted octanol–water partition coefficient (Wildman–Crippen LogP) is 0.612. The van der Waals surface area contributed by atoms with Crippen LogP contribution in [0.2, 0.25) is 0 Å². The first kappa shape index (κ1) is 21.8. The highest BCUT2D eigenvalue weighted by Gasteiger charge is 2.51. The van der Waals surface area contributed by atoms with E-state index in [1.165, 1.54) is 6.92 Å². The Morgan fingerprint density at radius 3 is 2.27 bits per heavy atom. The maximum atomic E-state index is 12.7. The van der Waals surface area contributed by atoms with Gasteiger partial charge in [0.2, 0.25) is 11.8 Å². The van der Waals surface area contributed by atoms with Crippen molar-refractivity contribution in [2.45, 2.75) is 58.5 Å². The van der Waals surface area contributed by atoms with Crippen LogP contribution in [0.15, 0.2) is 11.3 Å². The minimum absolute atomic E-state index is 0.109. The summed E-state index contributed by atoms with van der Waals surface area (Å²) in [5.41, 5.74) is 0.259. The number of hydrogen-bond acceptors (Lipinski definition) is 7. The number of imide groups is 1. The van der Waals surface area contributed by atoms with Gasteiger partial charge in [-0.2, -0.15) is 0 Å². The molecule has 3 rings (SSSR count). The molecule has 4 atom stereocenters. The van der Waals surface area contributed by atoms with Gasteiger partial charge in [0.1, 0.15) is 12.6 Å². The second kappa shape index (κ2) is 8.85. The van der Waals surface area contributed by atoms with Gasteiger partial charge in [-0.3, -0.25) is 14.5 Å². The molecule has 0 unspecified atom stereocenters. The average molecular weight is 421 g/mol. The van der Waals surface area contributed by atoms with Gasteiger partial charge >= 0.3 is 18.0 Å². The molecule has 0 radical (unpaired) electrons. The molecule has 0 spiro atoms. The normalized spacial score (nSPS) is 27.2. The van der Waals surface area contributed by atoms with Gasteiger partial charge in [0, 0.05) is 0 Å². The minimum Gasteiger partial charge on any atom is -0.463 e. The van der Waals surface area contributed by atoms with E-state index in [0.717, 1.165) is 17.7 Å². The molecule has 164 valence electrons. The summed E-state index contributed by atoms with van der Waals surface area (Å²) in [6, 6.07) is -2.26. The van der Waals surface area contributed by atoms with Crippen molar-refractivity contribution < 1.29 is 33.4 Å². The SMILES string of the molecule is CCOC(=O)C1=C(COC(=O)[C@H](C)N2C(=O)[C@H]3CCCC[C@H]3C2=O)NC(=O)N[C@H]1C. The van der Waals surface area contributed by atoms with E-state index in [0.29, 0.717) is 12.8 Å². The lowest BCUT2D eigenvalue weighted by Gasteiger charge is -2.27. The quantitative estimate of drug-likeness (QED) is 0.474. The van der Waals surface area contributed by atoms with Gasteiger partial charge < -0.3 is 20.1 Å². The standard InChI is InChI=1S/C20H27N3O7/c1-4-29-19(27)15-10(2)21-20(28)22-14(15)9-30-18(26)11(3)23-16(24)12-7-5-6-8-13(12)17(23)25/h10-13H,4-9H2,1-3H3,(H2,21,22,28)/t10-,11-,12-,13+/m0/s1. The summed E-state index contributed by atoms with van der Waals surface area (Å²) >= 11 is 0. The van der Waals surface area contributed by atoms with Crippen LogP contribution in [-0.2, 0) is 28.7 Å². The van der Waals surface area contributed by atoms with E-state index in [-0.39, 0.29) is 41.5 Å². The fraction of sp³-hybridized carbons (Fsp3) is 0.650. The first-order valence-electron chi connectivity index (χ1n) is 10.3. The number of carbonyl (C=O) groups is 5. The van der Waals surface area contributed by atoms with Gasteiger partial charge in [0.25, 0.3) is 0 Å². The van der Waals surface area contributed by atoms with Crippen LogP contribution in [0.3, 0.4) is 0 Å². The van der Waals surface area contributed by atoms with Crippen LogP contribution in [0.25, 0.3) is 0 Å². The first-order chi connectivity index (χ1) is 14.3. The van der Waals surface area contributed by atoms with Crippen LogP contribution < -0.4 is 10.6 Å². The fourth-order valence-corrected chi connectivity index (χ4v) is 4.33. The van der Waals surface area contributed by atoms with Gasteiger partial charge in [-0.15, -0.1) is 0 Å². The molecule has 2 heterocycles. The third-order valence-electron chi connectivity index (χ3n) is 5.83. The predicted molar refractivity (Wildman–Crippen MR) is 103 cm³/mol. The van der Waals surface area contributed by atoms with Crippen molar-refractivity contribution in [3.05, 3.63) is 11.3 Å². The molecule has 2 fully saturated rings. The van der Waals surface area contributed by atoms with Gasteiger partial charge in [0.05, 0.1) is 35.8 Å². The number of ether oxygens (including phenoxy) is 2. The number of amides is 4. The average Bonchev–Trinajstić information content (AvgIpc) is 2.96. The number of carbonyl (C=O) groups excluding carboxylic acids is 5. The van der Waals surface area contributed by atoms with Crippen LogP contribution in [0.1, 0.15) is 46.5 Å². The van der Waals surface area contributed by atoms with Crippen LogP contribution in [-0.4, -0.2) is 60.0 Å². The molecule has 3 aliphatic rings. The summed E-state index contributed by atoms with van der Waals surface area (Å²) in [6.45, 7) is 4.46. The number of likely N-dealkylation sites (tertiary alicyclic amines) is 1. The molecule has 0 bridgehead atoms. The van der Waals surface area contributed by atoms with E-state index in [9.17, 15) is 24.0 Å². The van der Waals surface area contributed by atoms with Crippen molar-refractivity contribution in [1.82, 2.24) is 15.5 Å². The molecule has 10 nitrogen and oxygen atoms in total. The third-order valence-corrected chi connectivity index (χ3v) is 5.83. The molecular formula is C20H27N3O7. The zero-order chi connectivity index (χ0) is 22.0. The maximum Gasteiger partial charge on any atom is 0.338 e. The molecule has 10 heteroatoms. The zero-order valence-electron chi connectivity index (χ0n) is 17.4. The topological polar surface area (TPSA) is 131 Å². The Bertz CT molecular complexity index is 782. The number of esters is 2. The van der Waals surface area contributed by atoms with Gasteiger partial charge in [-0.25, -0.2) is 14.4 Å². The highest BCUT2D eigenvalue weighted by molar-refractivity contribution is 6.07. The summed E-state index contributed by atoms with van der Waals surface area (Å²) < 4.78 is 10.3. The van der Waals surface area contributed by atoms with Crippen LogP contribution >= 0.6 is 0 Å². The molecule has 4 amide bonds. The van der Waals surface area contributed by atoms with Gasteiger partial charge in [-0.05, 0) is 33.6 Å². The summed E-state index contributed by atoms with van der Waals surface area (Å²) in [4.78, 5) is 62.9. The van der Waals surface area contributed by atoms with Crippen LogP contribution in [0.4, 0.5) is 4.79 Å². The number of urea groups is 1. The molecule has 30 heavy (non-hydrogen) atoms. The number of nitrogens with zero attached hydrogens (tertiary/aromatic N) is 1. The van der Waals surface area contributed by atoms with E-state index in [1.54, 1.807) is 13.8 Å². The third kappa shape index (κ3) is 4.03. The fourth-order valence-electron chi connectivity index (χ4n) is 4.33. The Morgan fingerprint density at radius 1 is 1.10 bits per heavy atom. The molecule has 0 aromatic heterocycles. The van der Waals surface area contributed by atoms with Gasteiger partial charge in [-0.1, -0.05) is 12.8 Å². The van der Waals surface area contributed by atoms with Crippen molar-refractivity contribution >= 4 is 29.8 Å². The molecule has 1 aliphatic carbocycles. The summed E-state index contributed by atoms with van der Waals surface area (Å²) in [5, 5.41) is 5.01. The van der Waals surface area contributed by atoms with E-state index in [2.05, 4.69) is 10.6 Å². The van der Waals surface area contributed by atoms with Crippen LogP contribution in [0, 0.1) is 11.8 Å². The molecular weight excluding hydrogens is 394 g/mol. The molecule has 1 saturated carbocycles.